The molecule has 0 saturated heterocycles. The van der Waals surface area contributed by atoms with Gasteiger partial charge < -0.3 is 47.3 Å². The first kappa shape index (κ1) is 29.7. The topological polar surface area (TPSA) is 246 Å². The minimum atomic E-state index is -1.22. The van der Waals surface area contributed by atoms with Crippen molar-refractivity contribution in [3.8, 4) is 11.5 Å². The summed E-state index contributed by atoms with van der Waals surface area (Å²) < 4.78 is 5.44. The maximum atomic E-state index is 12.8. The smallest absolute Gasteiger partial charge is 0.326 e. The Bertz CT molecular complexity index is 1260. The lowest BCUT2D eigenvalue weighted by molar-refractivity contribution is -0.139. The van der Waals surface area contributed by atoms with E-state index in [0.717, 1.165) is 11.1 Å². The second-order valence-corrected chi connectivity index (χ2v) is 9.22. The third-order valence-electron chi connectivity index (χ3n) is 6.04. The third-order valence-corrected chi connectivity index (χ3v) is 6.04. The number of aryl methyl sites for hydroxylation is 1. The molecular formula is C26H34N8O6. The maximum absolute atomic E-state index is 12.8. The summed E-state index contributed by atoms with van der Waals surface area (Å²) in [5.41, 5.74) is 13.2. The number of nitrogens with zero attached hydrogens (tertiary/aromatic N) is 2. The minimum absolute atomic E-state index is 0.0780. The van der Waals surface area contributed by atoms with E-state index in [4.69, 9.17) is 21.4 Å². The average Bonchev–Trinajstić information content (AvgIpc) is 3.41. The van der Waals surface area contributed by atoms with Gasteiger partial charge in [0.1, 0.15) is 23.6 Å². The summed E-state index contributed by atoms with van der Waals surface area (Å²) in [4.78, 5) is 28.9. The molecule has 0 aliphatic carbocycles. The van der Waals surface area contributed by atoms with Crippen LogP contribution in [0, 0.1) is 5.41 Å². The minimum Gasteiger partial charge on any atom is -0.508 e. The zero-order chi connectivity index (χ0) is 29.1. The molecule has 14 nitrogen and oxygen atoms in total. The molecule has 3 aromatic rings. The molecule has 1 heterocycles. The van der Waals surface area contributed by atoms with Gasteiger partial charge >= 0.3 is 12.0 Å². The van der Waals surface area contributed by atoms with Gasteiger partial charge in [0.05, 0.1) is 6.04 Å². The van der Waals surface area contributed by atoms with Crippen molar-refractivity contribution < 1.29 is 29.4 Å². The summed E-state index contributed by atoms with van der Waals surface area (Å²) >= 11 is 0. The highest BCUT2D eigenvalue weighted by molar-refractivity contribution is 5.82. The third kappa shape index (κ3) is 9.47. The van der Waals surface area contributed by atoms with Crippen LogP contribution in [-0.4, -0.2) is 56.0 Å². The first-order chi connectivity index (χ1) is 19.1. The molecule has 14 heteroatoms. The number of nitrogens with two attached hydrogens (primary N) is 2. The van der Waals surface area contributed by atoms with Crippen molar-refractivity contribution in [2.45, 2.75) is 50.2 Å². The van der Waals surface area contributed by atoms with Gasteiger partial charge in [0.2, 0.25) is 5.89 Å². The fourth-order valence-corrected chi connectivity index (χ4v) is 3.87. The second kappa shape index (κ2) is 14.3. The fraction of sp³-hybridized carbons (Fsp3) is 0.346. The van der Waals surface area contributed by atoms with Crippen LogP contribution in [0.3, 0.4) is 0 Å². The van der Waals surface area contributed by atoms with Crippen LogP contribution in [0.1, 0.15) is 54.2 Å². The van der Waals surface area contributed by atoms with Gasteiger partial charge in [-0.05, 0) is 61.1 Å². The molecule has 40 heavy (non-hydrogen) atoms. The first-order valence-electron chi connectivity index (χ1n) is 12.6. The summed E-state index contributed by atoms with van der Waals surface area (Å²) in [5.74, 6) is -0.869. The number of rotatable bonds is 14. The Hall–Kier alpha value is -4.85. The van der Waals surface area contributed by atoms with Crippen LogP contribution in [0.2, 0.25) is 0 Å². The van der Waals surface area contributed by atoms with Crippen molar-refractivity contribution >= 4 is 18.0 Å². The van der Waals surface area contributed by atoms with Crippen LogP contribution in [0.25, 0.3) is 0 Å². The van der Waals surface area contributed by atoms with Crippen LogP contribution >= 0.6 is 0 Å². The SMILES string of the molecule is N=C(N)NCCC[C@H](NC(=O)N[C@@H](Cc1ccc(O)cc1)c1nc([C@@H](N)CCc2ccc(O)cc2)no1)C(=O)O. The number of aromatic nitrogens is 2. The lowest BCUT2D eigenvalue weighted by atomic mass is 10.0. The number of aromatic hydroxyl groups is 2. The molecule has 3 rings (SSSR count). The Morgan fingerprint density at radius 3 is 2.20 bits per heavy atom. The highest BCUT2D eigenvalue weighted by Crippen LogP contribution is 2.22. The number of urea groups is 1. The molecule has 0 unspecified atom stereocenters. The molecule has 0 bridgehead atoms. The number of nitrogens with one attached hydrogen (secondary N) is 4. The summed E-state index contributed by atoms with van der Waals surface area (Å²) in [6.07, 6.45) is 1.77. The van der Waals surface area contributed by atoms with Gasteiger partial charge in [0.25, 0.3) is 0 Å². The largest absolute Gasteiger partial charge is 0.508 e. The number of guanidine groups is 1. The van der Waals surface area contributed by atoms with Crippen molar-refractivity contribution in [1.29, 1.82) is 5.41 Å². The number of carbonyl (C=O) groups is 2. The molecule has 214 valence electrons. The van der Waals surface area contributed by atoms with Crippen molar-refractivity contribution in [2.75, 3.05) is 6.54 Å². The monoisotopic (exact) mass is 554 g/mol. The van der Waals surface area contributed by atoms with E-state index in [0.29, 0.717) is 19.3 Å². The molecule has 2 aromatic carbocycles. The number of hydrogen-bond donors (Lipinski definition) is 9. The Morgan fingerprint density at radius 1 is 0.975 bits per heavy atom. The van der Waals surface area contributed by atoms with E-state index in [1.807, 2.05) is 0 Å². The van der Waals surface area contributed by atoms with Gasteiger partial charge in [0.15, 0.2) is 11.8 Å². The van der Waals surface area contributed by atoms with Crippen molar-refractivity contribution in [2.24, 2.45) is 11.5 Å². The molecule has 0 radical (unpaired) electrons. The molecule has 3 atom stereocenters. The van der Waals surface area contributed by atoms with Crippen molar-refractivity contribution in [3.05, 3.63) is 71.4 Å². The predicted octanol–water partition coefficient (Wildman–Crippen LogP) is 1.41. The van der Waals surface area contributed by atoms with Gasteiger partial charge in [-0.2, -0.15) is 4.98 Å². The zero-order valence-electron chi connectivity index (χ0n) is 21.7. The van der Waals surface area contributed by atoms with E-state index >= 15 is 0 Å². The van der Waals surface area contributed by atoms with E-state index in [9.17, 15) is 24.9 Å². The molecule has 0 aliphatic rings. The van der Waals surface area contributed by atoms with E-state index in [1.165, 1.54) is 12.1 Å². The average molecular weight is 555 g/mol. The highest BCUT2D eigenvalue weighted by Gasteiger charge is 2.26. The lowest BCUT2D eigenvalue weighted by Crippen LogP contribution is -2.47. The van der Waals surface area contributed by atoms with Crippen molar-refractivity contribution in [1.82, 2.24) is 26.1 Å². The highest BCUT2D eigenvalue weighted by atomic mass is 16.5. The van der Waals surface area contributed by atoms with Gasteiger partial charge in [-0.1, -0.05) is 29.4 Å². The molecule has 11 N–H and O–H groups in total. The Labute approximate surface area is 230 Å². The van der Waals surface area contributed by atoms with Crippen LogP contribution in [0.15, 0.2) is 53.1 Å². The normalized spacial score (nSPS) is 13.1. The van der Waals surface area contributed by atoms with E-state index in [2.05, 4.69) is 26.1 Å². The Morgan fingerprint density at radius 2 is 1.60 bits per heavy atom. The van der Waals surface area contributed by atoms with E-state index in [1.54, 1.807) is 36.4 Å². The van der Waals surface area contributed by atoms with Crippen molar-refractivity contribution in [3.63, 3.8) is 0 Å². The number of aliphatic carboxylic acids is 1. The maximum Gasteiger partial charge on any atom is 0.326 e. The molecular weight excluding hydrogens is 520 g/mol. The standard InChI is InChI=1S/C26H34N8O6/c27-19(12-7-15-3-8-17(35)9-4-15)22-33-23(40-34-22)21(14-16-5-10-18(36)11-6-16)32-26(39)31-20(24(37)38)2-1-13-30-25(28)29/h3-6,8-11,19-21,35-36H,1-2,7,12-14,27H2,(H,37,38)(H4,28,29,30)(H2,31,32,39)/t19-,20-,21-/m0/s1. The molecule has 0 spiro atoms. The molecule has 0 saturated carbocycles. The Kier molecular flexibility index (Phi) is 10.7. The number of carboxylic acid groups (broad SMARTS) is 1. The first-order valence-corrected chi connectivity index (χ1v) is 12.6. The van der Waals surface area contributed by atoms with E-state index in [-0.39, 0.29) is 48.6 Å². The van der Waals surface area contributed by atoms with Crippen LogP contribution < -0.4 is 27.4 Å². The summed E-state index contributed by atoms with van der Waals surface area (Å²) in [6.45, 7) is 0.281. The number of phenols is 2. The number of benzene rings is 2. The quantitative estimate of drug-likeness (QED) is 0.0783. The van der Waals surface area contributed by atoms with E-state index < -0.39 is 30.1 Å². The predicted molar refractivity (Wildman–Crippen MR) is 144 cm³/mol. The summed E-state index contributed by atoms with van der Waals surface area (Å²) in [6, 6.07) is 9.79. The molecule has 2 amide bonds. The Balaban J connectivity index is 1.68. The van der Waals surface area contributed by atoms with Gasteiger partial charge in [-0.3, -0.25) is 5.41 Å². The van der Waals surface area contributed by atoms with Gasteiger partial charge in [-0.25, -0.2) is 9.59 Å². The van der Waals surface area contributed by atoms with Gasteiger partial charge in [0, 0.05) is 13.0 Å². The lowest BCUT2D eigenvalue weighted by Gasteiger charge is -2.19. The van der Waals surface area contributed by atoms with Crippen LogP contribution in [0.4, 0.5) is 4.79 Å². The fourth-order valence-electron chi connectivity index (χ4n) is 3.87. The van der Waals surface area contributed by atoms with Gasteiger partial charge in [-0.15, -0.1) is 0 Å². The number of carbonyl (C=O) groups excluding carboxylic acids is 1. The zero-order valence-corrected chi connectivity index (χ0v) is 21.7. The summed E-state index contributed by atoms with van der Waals surface area (Å²) in [7, 11) is 0. The number of amides is 2. The molecule has 0 aliphatic heterocycles. The number of phenolic OH excluding ortho intramolecular Hbond substituents is 2. The van der Waals surface area contributed by atoms with Crippen LogP contribution in [0.5, 0.6) is 11.5 Å². The molecule has 1 aromatic heterocycles. The number of carboxylic acids is 1. The molecule has 0 fully saturated rings. The second-order valence-electron chi connectivity index (χ2n) is 9.22. The summed E-state index contributed by atoms with van der Waals surface area (Å²) in [5, 5.41) is 47.5. The van der Waals surface area contributed by atoms with Crippen LogP contribution in [-0.2, 0) is 17.6 Å². The number of hydrogen-bond acceptors (Lipinski definition) is 9.